The predicted octanol–water partition coefficient (Wildman–Crippen LogP) is 2.44. The van der Waals surface area contributed by atoms with Crippen LogP contribution in [-0.2, 0) is 13.6 Å². The zero-order valence-corrected chi connectivity index (χ0v) is 17.4. The SMILES string of the molecule is CCCCn1c(NN=Cc2cc(Br)ccc2OC)nc2c1c(=O)[nH]c(=O)n2C. The van der Waals surface area contributed by atoms with E-state index in [1.165, 1.54) is 4.57 Å². The Bertz CT molecular complexity index is 1140. The molecule has 28 heavy (non-hydrogen) atoms. The maximum absolute atomic E-state index is 12.3. The molecule has 0 unspecified atom stereocenters. The van der Waals surface area contributed by atoms with E-state index in [9.17, 15) is 9.59 Å². The number of hydrazone groups is 1. The second kappa shape index (κ2) is 8.42. The minimum atomic E-state index is -0.508. The van der Waals surface area contributed by atoms with Crippen LogP contribution in [0.15, 0.2) is 37.4 Å². The van der Waals surface area contributed by atoms with E-state index < -0.39 is 11.2 Å². The van der Waals surface area contributed by atoms with E-state index in [0.717, 1.165) is 22.9 Å². The number of unbranched alkanes of at least 4 members (excludes halogenated alkanes) is 1. The van der Waals surface area contributed by atoms with Gasteiger partial charge in [0.15, 0.2) is 11.2 Å². The number of hydrogen-bond acceptors (Lipinski definition) is 6. The van der Waals surface area contributed by atoms with E-state index in [4.69, 9.17) is 4.74 Å². The fourth-order valence-electron chi connectivity index (χ4n) is 2.82. The molecule has 0 amide bonds. The van der Waals surface area contributed by atoms with Gasteiger partial charge >= 0.3 is 5.69 Å². The first-order chi connectivity index (χ1) is 13.5. The Labute approximate surface area is 169 Å². The molecule has 0 atom stereocenters. The number of aromatic nitrogens is 4. The molecule has 2 N–H and O–H groups in total. The highest BCUT2D eigenvalue weighted by Crippen LogP contribution is 2.21. The van der Waals surface area contributed by atoms with Crippen molar-refractivity contribution in [3.8, 4) is 5.75 Å². The normalized spacial score (nSPS) is 11.4. The fourth-order valence-corrected chi connectivity index (χ4v) is 3.20. The van der Waals surface area contributed by atoms with E-state index in [-0.39, 0.29) is 0 Å². The maximum Gasteiger partial charge on any atom is 0.329 e. The van der Waals surface area contributed by atoms with E-state index in [2.05, 4.69) is 43.3 Å². The maximum atomic E-state index is 12.3. The van der Waals surface area contributed by atoms with E-state index in [1.807, 2.05) is 18.2 Å². The third-order valence-corrected chi connectivity index (χ3v) is 4.80. The van der Waals surface area contributed by atoms with Crippen LogP contribution in [0.2, 0.25) is 0 Å². The van der Waals surface area contributed by atoms with Crippen molar-refractivity contribution < 1.29 is 4.74 Å². The molecule has 0 spiro atoms. The molecular weight excluding hydrogens is 428 g/mol. The second-order valence-electron chi connectivity index (χ2n) is 6.19. The molecule has 9 nitrogen and oxygen atoms in total. The van der Waals surface area contributed by atoms with E-state index >= 15 is 0 Å². The molecule has 3 rings (SSSR count). The number of rotatable bonds is 7. The highest BCUT2D eigenvalue weighted by molar-refractivity contribution is 9.10. The lowest BCUT2D eigenvalue weighted by Gasteiger charge is -2.07. The van der Waals surface area contributed by atoms with Gasteiger partial charge in [-0.15, -0.1) is 0 Å². The average molecular weight is 449 g/mol. The van der Waals surface area contributed by atoms with Crippen molar-refractivity contribution in [3.05, 3.63) is 49.1 Å². The van der Waals surface area contributed by atoms with Crippen LogP contribution in [-0.4, -0.2) is 32.4 Å². The largest absolute Gasteiger partial charge is 0.496 e. The van der Waals surface area contributed by atoms with Gasteiger partial charge in [0.2, 0.25) is 5.95 Å². The van der Waals surface area contributed by atoms with Gasteiger partial charge in [0, 0.05) is 23.6 Å². The summed E-state index contributed by atoms with van der Waals surface area (Å²) in [7, 11) is 3.15. The number of ether oxygens (including phenoxy) is 1. The molecule has 3 aromatic rings. The van der Waals surface area contributed by atoms with Gasteiger partial charge < -0.3 is 9.30 Å². The van der Waals surface area contributed by atoms with Crippen LogP contribution in [0.25, 0.3) is 11.2 Å². The van der Waals surface area contributed by atoms with Crippen LogP contribution in [0.1, 0.15) is 25.3 Å². The number of imidazole rings is 1. The lowest BCUT2D eigenvalue weighted by molar-refractivity contribution is 0.414. The summed E-state index contributed by atoms with van der Waals surface area (Å²) in [5.74, 6) is 1.06. The molecule has 0 fully saturated rings. The lowest BCUT2D eigenvalue weighted by Crippen LogP contribution is -2.29. The topological polar surface area (TPSA) is 106 Å². The molecule has 1 aromatic carbocycles. The summed E-state index contributed by atoms with van der Waals surface area (Å²) < 4.78 is 9.28. The molecule has 2 heterocycles. The van der Waals surface area contributed by atoms with Crippen molar-refractivity contribution in [2.24, 2.45) is 12.1 Å². The van der Waals surface area contributed by atoms with Crippen molar-refractivity contribution in [1.82, 2.24) is 19.1 Å². The van der Waals surface area contributed by atoms with Crippen molar-refractivity contribution in [3.63, 3.8) is 0 Å². The van der Waals surface area contributed by atoms with Crippen LogP contribution >= 0.6 is 15.9 Å². The Morgan fingerprint density at radius 2 is 2.18 bits per heavy atom. The predicted molar refractivity (Wildman–Crippen MR) is 112 cm³/mol. The van der Waals surface area contributed by atoms with Crippen molar-refractivity contribution >= 4 is 39.3 Å². The number of H-pyrrole nitrogens is 1. The van der Waals surface area contributed by atoms with Crippen LogP contribution in [0.4, 0.5) is 5.95 Å². The molecule has 0 bridgehead atoms. The van der Waals surface area contributed by atoms with Gasteiger partial charge in [-0.05, 0) is 24.6 Å². The fraction of sp³-hybridized carbons (Fsp3) is 0.333. The van der Waals surface area contributed by atoms with Gasteiger partial charge in [-0.3, -0.25) is 14.3 Å². The number of halogens is 1. The van der Waals surface area contributed by atoms with Crippen LogP contribution in [0, 0.1) is 0 Å². The standard InChI is InChI=1S/C18H21BrN6O3/c1-4-5-8-25-14-15(24(2)18(27)22-16(14)26)21-17(25)23-20-10-11-9-12(19)6-7-13(11)28-3/h6-7,9-10H,4-5,8H2,1-3H3,(H,21,23)(H,22,26,27). The number of methoxy groups -OCH3 is 1. The average Bonchev–Trinajstić information content (AvgIpc) is 3.04. The Kier molecular flexibility index (Phi) is 5.98. The highest BCUT2D eigenvalue weighted by Gasteiger charge is 2.16. The summed E-state index contributed by atoms with van der Waals surface area (Å²) in [6.45, 7) is 2.64. The Hall–Kier alpha value is -2.88. The summed E-state index contributed by atoms with van der Waals surface area (Å²) in [4.78, 5) is 31.0. The Morgan fingerprint density at radius 1 is 1.39 bits per heavy atom. The minimum Gasteiger partial charge on any atom is -0.496 e. The molecule has 0 aliphatic rings. The van der Waals surface area contributed by atoms with Gasteiger partial charge in [0.25, 0.3) is 5.56 Å². The molecule has 10 heteroatoms. The van der Waals surface area contributed by atoms with Crippen LogP contribution in [0.5, 0.6) is 5.75 Å². The quantitative estimate of drug-likeness (QED) is 0.426. The number of benzene rings is 1. The molecule has 0 aliphatic carbocycles. The van der Waals surface area contributed by atoms with Gasteiger partial charge in [0.05, 0.1) is 13.3 Å². The first kappa shape index (κ1) is 19.9. The summed E-state index contributed by atoms with van der Waals surface area (Å²) in [6, 6.07) is 5.58. The molecule has 2 aromatic heterocycles. The second-order valence-corrected chi connectivity index (χ2v) is 7.10. The third kappa shape index (κ3) is 3.86. The number of anilines is 1. The van der Waals surface area contributed by atoms with E-state index in [1.54, 1.807) is 24.9 Å². The molecule has 0 saturated carbocycles. The highest BCUT2D eigenvalue weighted by atomic mass is 79.9. The molecule has 0 radical (unpaired) electrons. The summed E-state index contributed by atoms with van der Waals surface area (Å²) in [5.41, 5.74) is 3.33. The summed E-state index contributed by atoms with van der Waals surface area (Å²) in [5, 5.41) is 4.25. The molecule has 0 saturated heterocycles. The third-order valence-electron chi connectivity index (χ3n) is 4.30. The van der Waals surface area contributed by atoms with Gasteiger partial charge in [-0.1, -0.05) is 29.3 Å². The van der Waals surface area contributed by atoms with E-state index in [0.29, 0.717) is 29.4 Å². The number of aryl methyl sites for hydroxylation is 2. The Balaban J connectivity index is 2.02. The molecule has 0 aliphatic heterocycles. The number of nitrogens with zero attached hydrogens (tertiary/aromatic N) is 4. The molecule has 148 valence electrons. The van der Waals surface area contributed by atoms with Gasteiger partial charge in [-0.2, -0.15) is 10.1 Å². The van der Waals surface area contributed by atoms with Gasteiger partial charge in [0.1, 0.15) is 5.75 Å². The summed E-state index contributed by atoms with van der Waals surface area (Å²) in [6.07, 6.45) is 3.41. The zero-order chi connectivity index (χ0) is 20.3. The number of nitrogens with one attached hydrogen (secondary N) is 2. The van der Waals surface area contributed by atoms with Crippen LogP contribution < -0.4 is 21.4 Å². The van der Waals surface area contributed by atoms with Crippen molar-refractivity contribution in [2.45, 2.75) is 26.3 Å². The zero-order valence-electron chi connectivity index (χ0n) is 15.8. The number of hydrogen-bond donors (Lipinski definition) is 2. The van der Waals surface area contributed by atoms with Crippen molar-refractivity contribution in [1.29, 1.82) is 0 Å². The smallest absolute Gasteiger partial charge is 0.329 e. The number of aromatic amines is 1. The summed E-state index contributed by atoms with van der Waals surface area (Å²) >= 11 is 3.42. The van der Waals surface area contributed by atoms with Gasteiger partial charge in [-0.25, -0.2) is 10.2 Å². The van der Waals surface area contributed by atoms with Crippen LogP contribution in [0.3, 0.4) is 0 Å². The molecular formula is C18H21BrN6O3. The van der Waals surface area contributed by atoms with Crippen molar-refractivity contribution in [2.75, 3.05) is 12.5 Å². The lowest BCUT2D eigenvalue weighted by atomic mass is 10.2. The minimum absolute atomic E-state index is 0.308. The monoisotopic (exact) mass is 448 g/mol. The first-order valence-corrected chi connectivity index (χ1v) is 9.57. The Morgan fingerprint density at radius 3 is 2.89 bits per heavy atom. The first-order valence-electron chi connectivity index (χ1n) is 8.78. The number of fused-ring (bicyclic) bond motifs is 1.